The van der Waals surface area contributed by atoms with Crippen molar-refractivity contribution in [3.8, 4) is 0 Å². The van der Waals surface area contributed by atoms with E-state index < -0.39 is 0 Å². The Morgan fingerprint density at radius 3 is 2.40 bits per heavy atom. The minimum atomic E-state index is -0.215. The SMILES string of the molecule is CCN(CC(N)=O)C1CCC(NC)CC1. The van der Waals surface area contributed by atoms with E-state index >= 15 is 0 Å². The number of hydrogen-bond donors (Lipinski definition) is 2. The van der Waals surface area contributed by atoms with Crippen molar-refractivity contribution in [3.05, 3.63) is 0 Å². The lowest BCUT2D eigenvalue weighted by atomic mass is 9.90. The first-order chi connectivity index (χ1) is 7.17. The lowest BCUT2D eigenvalue weighted by Crippen LogP contribution is -2.45. The standard InChI is InChI=1S/C11H23N3O/c1-3-14(8-11(12)15)10-6-4-9(13-2)5-7-10/h9-10,13H,3-8H2,1-2H3,(H2,12,15). The second kappa shape index (κ2) is 6.08. The first-order valence-corrected chi connectivity index (χ1v) is 5.87. The predicted molar refractivity (Wildman–Crippen MR) is 61.5 cm³/mol. The highest BCUT2D eigenvalue weighted by molar-refractivity contribution is 5.75. The monoisotopic (exact) mass is 213 g/mol. The maximum Gasteiger partial charge on any atom is 0.231 e. The van der Waals surface area contributed by atoms with Crippen LogP contribution in [-0.4, -0.2) is 43.0 Å². The lowest BCUT2D eigenvalue weighted by Gasteiger charge is -2.35. The number of nitrogens with two attached hydrogens (primary N) is 1. The molecule has 0 saturated heterocycles. The number of primary amides is 1. The minimum Gasteiger partial charge on any atom is -0.369 e. The van der Waals surface area contributed by atoms with E-state index in [4.69, 9.17) is 5.73 Å². The number of likely N-dealkylation sites (N-methyl/N-ethyl adjacent to an activating group) is 1. The van der Waals surface area contributed by atoms with Crippen molar-refractivity contribution in [2.45, 2.75) is 44.7 Å². The van der Waals surface area contributed by atoms with E-state index in [0.717, 1.165) is 6.54 Å². The number of nitrogens with zero attached hydrogens (tertiary/aromatic N) is 1. The molecule has 88 valence electrons. The third-order valence-electron chi connectivity index (χ3n) is 3.39. The molecule has 0 aliphatic heterocycles. The molecule has 0 spiro atoms. The first-order valence-electron chi connectivity index (χ1n) is 5.87. The molecule has 3 N–H and O–H groups in total. The summed E-state index contributed by atoms with van der Waals surface area (Å²) in [5, 5.41) is 3.31. The highest BCUT2D eigenvalue weighted by atomic mass is 16.1. The molecular weight excluding hydrogens is 190 g/mol. The molecule has 1 saturated carbocycles. The summed E-state index contributed by atoms with van der Waals surface area (Å²) in [4.78, 5) is 13.1. The van der Waals surface area contributed by atoms with Gasteiger partial charge in [0.15, 0.2) is 0 Å². The van der Waals surface area contributed by atoms with Gasteiger partial charge in [-0.15, -0.1) is 0 Å². The van der Waals surface area contributed by atoms with Crippen LogP contribution in [0, 0.1) is 0 Å². The predicted octanol–water partition coefficient (Wildman–Crippen LogP) is 0.324. The summed E-state index contributed by atoms with van der Waals surface area (Å²) in [6, 6.07) is 1.21. The van der Waals surface area contributed by atoms with E-state index in [1.54, 1.807) is 0 Å². The maximum absolute atomic E-state index is 10.9. The fourth-order valence-corrected chi connectivity index (χ4v) is 2.43. The molecule has 0 aromatic rings. The molecule has 1 aliphatic carbocycles. The number of hydrogen-bond acceptors (Lipinski definition) is 3. The summed E-state index contributed by atoms with van der Waals surface area (Å²) in [7, 11) is 2.02. The largest absolute Gasteiger partial charge is 0.369 e. The van der Waals surface area contributed by atoms with Crippen molar-refractivity contribution in [3.63, 3.8) is 0 Å². The average molecular weight is 213 g/mol. The van der Waals surface area contributed by atoms with Crippen LogP contribution in [0.25, 0.3) is 0 Å². The molecule has 1 fully saturated rings. The summed E-state index contributed by atoms with van der Waals surface area (Å²) in [6.45, 7) is 3.41. The Kier molecular flexibility index (Phi) is 5.05. The van der Waals surface area contributed by atoms with Crippen LogP contribution in [0.4, 0.5) is 0 Å². The number of amides is 1. The van der Waals surface area contributed by atoms with E-state index in [1.165, 1.54) is 25.7 Å². The second-order valence-corrected chi connectivity index (χ2v) is 4.32. The van der Waals surface area contributed by atoms with Gasteiger partial charge in [0.05, 0.1) is 6.54 Å². The molecular formula is C11H23N3O. The van der Waals surface area contributed by atoms with Gasteiger partial charge in [-0.05, 0) is 39.3 Å². The molecule has 0 unspecified atom stereocenters. The highest BCUT2D eigenvalue weighted by Crippen LogP contribution is 2.22. The number of carbonyl (C=O) groups excluding carboxylic acids is 1. The van der Waals surface area contributed by atoms with Gasteiger partial charge in [-0.2, -0.15) is 0 Å². The molecule has 0 atom stereocenters. The van der Waals surface area contributed by atoms with E-state index in [9.17, 15) is 4.79 Å². The van der Waals surface area contributed by atoms with Crippen LogP contribution in [-0.2, 0) is 4.79 Å². The van der Waals surface area contributed by atoms with Gasteiger partial charge in [0, 0.05) is 12.1 Å². The zero-order valence-corrected chi connectivity index (χ0v) is 9.83. The topological polar surface area (TPSA) is 58.4 Å². The first kappa shape index (κ1) is 12.5. The normalized spacial score (nSPS) is 26.9. The minimum absolute atomic E-state index is 0.215. The van der Waals surface area contributed by atoms with Crippen LogP contribution in [0.2, 0.25) is 0 Å². The molecule has 4 heteroatoms. The molecule has 0 radical (unpaired) electrons. The summed E-state index contributed by atoms with van der Waals surface area (Å²) in [6.07, 6.45) is 4.76. The fraction of sp³-hybridized carbons (Fsp3) is 0.909. The van der Waals surface area contributed by atoms with Gasteiger partial charge in [-0.3, -0.25) is 9.69 Å². The smallest absolute Gasteiger partial charge is 0.231 e. The van der Waals surface area contributed by atoms with Gasteiger partial charge >= 0.3 is 0 Å². The van der Waals surface area contributed by atoms with Crippen molar-refractivity contribution < 1.29 is 4.79 Å². The van der Waals surface area contributed by atoms with Crippen molar-refractivity contribution in [2.24, 2.45) is 5.73 Å². The van der Waals surface area contributed by atoms with Gasteiger partial charge in [-0.25, -0.2) is 0 Å². The Morgan fingerprint density at radius 2 is 2.00 bits per heavy atom. The van der Waals surface area contributed by atoms with Crippen LogP contribution in [0.3, 0.4) is 0 Å². The highest BCUT2D eigenvalue weighted by Gasteiger charge is 2.24. The van der Waals surface area contributed by atoms with Crippen LogP contribution < -0.4 is 11.1 Å². The van der Waals surface area contributed by atoms with E-state index in [1.807, 2.05) is 7.05 Å². The summed E-state index contributed by atoms with van der Waals surface area (Å²) in [5.41, 5.74) is 5.24. The zero-order chi connectivity index (χ0) is 11.3. The summed E-state index contributed by atoms with van der Waals surface area (Å²) >= 11 is 0. The Balaban J connectivity index is 2.39. The molecule has 0 aromatic heterocycles. The van der Waals surface area contributed by atoms with Gasteiger partial charge in [-0.1, -0.05) is 6.92 Å². The third kappa shape index (κ3) is 3.80. The quantitative estimate of drug-likeness (QED) is 0.691. The molecule has 1 amide bonds. The average Bonchev–Trinajstić information content (AvgIpc) is 2.26. The molecule has 0 bridgehead atoms. The van der Waals surface area contributed by atoms with E-state index in [-0.39, 0.29) is 5.91 Å². The van der Waals surface area contributed by atoms with Crippen LogP contribution in [0.15, 0.2) is 0 Å². The molecule has 0 heterocycles. The fourth-order valence-electron chi connectivity index (χ4n) is 2.43. The van der Waals surface area contributed by atoms with Crippen molar-refractivity contribution in [2.75, 3.05) is 20.1 Å². The molecule has 4 nitrogen and oxygen atoms in total. The third-order valence-corrected chi connectivity index (χ3v) is 3.39. The Hall–Kier alpha value is -0.610. The summed E-state index contributed by atoms with van der Waals surface area (Å²) < 4.78 is 0. The number of rotatable bonds is 5. The number of nitrogens with one attached hydrogen (secondary N) is 1. The van der Waals surface area contributed by atoms with Crippen molar-refractivity contribution in [1.29, 1.82) is 0 Å². The van der Waals surface area contributed by atoms with E-state index in [0.29, 0.717) is 18.6 Å². The number of carbonyl (C=O) groups is 1. The lowest BCUT2D eigenvalue weighted by molar-refractivity contribution is -0.119. The van der Waals surface area contributed by atoms with Gasteiger partial charge in [0.2, 0.25) is 5.91 Å². The summed E-state index contributed by atoms with van der Waals surface area (Å²) in [5.74, 6) is -0.215. The van der Waals surface area contributed by atoms with Crippen LogP contribution in [0.1, 0.15) is 32.6 Å². The van der Waals surface area contributed by atoms with Crippen LogP contribution in [0.5, 0.6) is 0 Å². The molecule has 15 heavy (non-hydrogen) atoms. The van der Waals surface area contributed by atoms with Gasteiger partial charge in [0.25, 0.3) is 0 Å². The van der Waals surface area contributed by atoms with E-state index in [2.05, 4.69) is 17.1 Å². The molecule has 0 aromatic carbocycles. The Bertz CT molecular complexity index is 200. The Morgan fingerprint density at radius 1 is 1.40 bits per heavy atom. The van der Waals surface area contributed by atoms with Crippen molar-refractivity contribution in [1.82, 2.24) is 10.2 Å². The molecule has 1 rings (SSSR count). The van der Waals surface area contributed by atoms with Crippen molar-refractivity contribution >= 4 is 5.91 Å². The van der Waals surface area contributed by atoms with Crippen LogP contribution >= 0.6 is 0 Å². The maximum atomic E-state index is 10.9. The second-order valence-electron chi connectivity index (χ2n) is 4.32. The Labute approximate surface area is 92.2 Å². The zero-order valence-electron chi connectivity index (χ0n) is 9.83. The van der Waals surface area contributed by atoms with Gasteiger partial charge < -0.3 is 11.1 Å². The molecule has 1 aliphatic rings. The van der Waals surface area contributed by atoms with Gasteiger partial charge in [0.1, 0.15) is 0 Å².